The predicted molar refractivity (Wildman–Crippen MR) is 209 cm³/mol. The Hall–Kier alpha value is -4.02. The van der Waals surface area contributed by atoms with Crippen molar-refractivity contribution in [3.63, 3.8) is 0 Å². The van der Waals surface area contributed by atoms with Gasteiger partial charge in [-0.25, -0.2) is 9.97 Å². The van der Waals surface area contributed by atoms with Gasteiger partial charge in [-0.3, -0.25) is 36.4 Å². The maximum Gasteiger partial charge on any atom is 0.298 e. The molecule has 8 bridgehead atoms. The largest absolute Gasteiger partial charge is 0.355 e. The van der Waals surface area contributed by atoms with Crippen LogP contribution in [0.25, 0.3) is 44.0 Å². The van der Waals surface area contributed by atoms with Gasteiger partial charge in [-0.05, 0) is 54.6 Å². The van der Waals surface area contributed by atoms with Crippen molar-refractivity contribution < 1.29 is 123 Å². The standard InChI is InChI=1S/C26H20N4O24S8.Zn/c31-55(32,33)19-17-8-13-4-2-11(28-13)5-10-1-3-12(27-10)7-16-15(6-14(29-16)9-18(30-17)20(19)56(34,35)36)26(62(52,53)54)24(60(46,47)48)22(58(40,41)42)21(57(37,38)39)23(59(43,44)45)25(26)61(49,50)51;/h1-9,24,27,29H,(H,31,32,33)(H,34,35,36)(H,37,38,39)(H,40,41,42)(H,43,44,45)(H,46,47,48)(H,49,50,51)(H,52,53,54);. The summed E-state index contributed by atoms with van der Waals surface area (Å²) in [6, 6.07) is 5.10. The van der Waals surface area contributed by atoms with Gasteiger partial charge in [0.1, 0.15) is 29.4 Å². The van der Waals surface area contributed by atoms with Crippen LogP contribution in [0.2, 0.25) is 0 Å². The Labute approximate surface area is 366 Å². The van der Waals surface area contributed by atoms with Crippen LogP contribution in [0.4, 0.5) is 0 Å². The van der Waals surface area contributed by atoms with Crippen molar-refractivity contribution >= 4 is 125 Å². The molecule has 2 aliphatic heterocycles. The van der Waals surface area contributed by atoms with Crippen LogP contribution >= 0.6 is 0 Å². The van der Waals surface area contributed by atoms with E-state index in [1.54, 1.807) is 0 Å². The van der Waals surface area contributed by atoms with E-state index in [0.717, 1.165) is 12.1 Å². The maximum absolute atomic E-state index is 13.9. The molecule has 0 fully saturated rings. The first kappa shape index (κ1) is 50.0. The molecular formula is C26H20N4O24S8Zn. The van der Waals surface area contributed by atoms with Crippen LogP contribution in [0.15, 0.2) is 62.1 Å². The van der Waals surface area contributed by atoms with Gasteiger partial charge in [0.25, 0.3) is 80.9 Å². The average molecular weight is 1090 g/mol. The van der Waals surface area contributed by atoms with Gasteiger partial charge in [0, 0.05) is 47.1 Å². The van der Waals surface area contributed by atoms with E-state index in [1.807, 2.05) is 0 Å². The van der Waals surface area contributed by atoms with Crippen molar-refractivity contribution in [3.8, 4) is 0 Å². The maximum atomic E-state index is 13.9. The van der Waals surface area contributed by atoms with Gasteiger partial charge in [0.2, 0.25) is 0 Å². The molecule has 5 heterocycles. The third-order valence-electron chi connectivity index (χ3n) is 8.63. The summed E-state index contributed by atoms with van der Waals surface area (Å²) in [6.45, 7) is 0. The molecule has 3 aromatic rings. The van der Waals surface area contributed by atoms with E-state index in [4.69, 9.17) is 0 Å². The zero-order valence-corrected chi connectivity index (χ0v) is 39.2. The fourth-order valence-electron chi connectivity index (χ4n) is 6.75. The number of aromatic nitrogens is 4. The third-order valence-corrected chi connectivity index (χ3v) is 18.0. The van der Waals surface area contributed by atoms with Crippen molar-refractivity contribution in [1.82, 2.24) is 19.9 Å². The Morgan fingerprint density at radius 2 is 0.937 bits per heavy atom. The normalized spacial score (nSPS) is 19.7. The topological polar surface area (TPSA) is 492 Å². The van der Waals surface area contributed by atoms with Crippen LogP contribution < -0.4 is 0 Å². The monoisotopic (exact) mass is 1090 g/mol. The van der Waals surface area contributed by atoms with Crippen LogP contribution in [0, 0.1) is 0 Å². The molecule has 3 aromatic heterocycles. The van der Waals surface area contributed by atoms with E-state index in [1.165, 1.54) is 24.3 Å². The Kier molecular flexibility index (Phi) is 12.1. The van der Waals surface area contributed by atoms with Crippen molar-refractivity contribution in [2.75, 3.05) is 0 Å². The smallest absolute Gasteiger partial charge is 0.298 e. The van der Waals surface area contributed by atoms with Gasteiger partial charge in [-0.2, -0.15) is 67.3 Å². The molecule has 37 heteroatoms. The summed E-state index contributed by atoms with van der Waals surface area (Å²) in [4.78, 5) is -3.77. The second-order valence-electron chi connectivity index (χ2n) is 12.6. The molecular weight excluding hydrogens is 1070 g/mol. The van der Waals surface area contributed by atoms with Gasteiger partial charge in [0.15, 0.2) is 10.00 Å². The van der Waals surface area contributed by atoms with E-state index in [2.05, 4.69) is 19.9 Å². The van der Waals surface area contributed by atoms with Gasteiger partial charge in [-0.15, -0.1) is 0 Å². The van der Waals surface area contributed by atoms with Gasteiger partial charge in [0.05, 0.1) is 22.8 Å². The Morgan fingerprint density at radius 1 is 0.476 bits per heavy atom. The fourth-order valence-corrected chi connectivity index (χ4v) is 18.6. The first-order chi connectivity index (χ1) is 27.8. The minimum Gasteiger partial charge on any atom is -0.355 e. The molecule has 2 atom stereocenters. The molecule has 3 aliphatic rings. The van der Waals surface area contributed by atoms with Crippen LogP contribution in [-0.4, -0.2) is 129 Å². The molecule has 2 unspecified atom stereocenters. The minimum atomic E-state index is -7.36. The second kappa shape index (κ2) is 15.3. The Balaban J connectivity index is 0.00000748. The molecule has 0 radical (unpaired) electrons. The molecule has 0 aromatic carbocycles. The summed E-state index contributed by atoms with van der Waals surface area (Å²) in [5.41, 5.74) is -7.16. The minimum absolute atomic E-state index is 0. The second-order valence-corrected chi connectivity index (χ2v) is 23.9. The molecule has 0 amide bonds. The Bertz CT molecular complexity index is 3850. The summed E-state index contributed by atoms with van der Waals surface area (Å²) >= 11 is 0. The van der Waals surface area contributed by atoms with E-state index >= 15 is 0 Å². The molecule has 0 spiro atoms. The van der Waals surface area contributed by atoms with E-state index < -0.39 is 148 Å². The third kappa shape index (κ3) is 8.89. The zero-order chi connectivity index (χ0) is 46.9. The van der Waals surface area contributed by atoms with Crippen LogP contribution in [-0.2, 0) is 105 Å². The quantitative estimate of drug-likeness (QED) is 0.0740. The van der Waals surface area contributed by atoms with E-state index in [-0.39, 0.29) is 54.0 Å². The number of hydrogen-bond donors (Lipinski definition) is 10. The van der Waals surface area contributed by atoms with Crippen LogP contribution in [0.1, 0.15) is 28.3 Å². The molecule has 6 rings (SSSR count). The van der Waals surface area contributed by atoms with Gasteiger partial charge >= 0.3 is 0 Å². The van der Waals surface area contributed by atoms with E-state index in [9.17, 15) is 104 Å². The number of hydrogen-bond acceptors (Lipinski definition) is 18. The number of nitrogens with one attached hydrogen (secondary N) is 2. The number of H-pyrrole nitrogens is 2. The van der Waals surface area contributed by atoms with Crippen molar-refractivity contribution in [3.05, 3.63) is 90.4 Å². The first-order valence-corrected chi connectivity index (χ1v) is 26.8. The molecule has 0 saturated heterocycles. The SMILES string of the molecule is O=S(=O)(O)C1=C(S(=O)(=O)O)C(S(=O)(=O)O)C(c2cc3cc4nc(cc5nc(cc6ccc(cc2[nH]3)[nH]6)C=C5)C(S(=O)(=O)O)=C4S(=O)(=O)O)(S(=O)(=O)O)C(S(=O)(=O)O)=C1S(=O)(=O)O.[Zn]. The predicted octanol–water partition coefficient (Wildman–Crippen LogP) is -0.588. The summed E-state index contributed by atoms with van der Waals surface area (Å²) in [5.74, 6) is 0. The summed E-state index contributed by atoms with van der Waals surface area (Å²) in [6.07, 6.45) is 2.51. The average Bonchev–Trinajstić information content (AvgIpc) is 3.83. The molecule has 1 aliphatic carbocycles. The summed E-state index contributed by atoms with van der Waals surface area (Å²) in [7, 11) is -54.5. The van der Waals surface area contributed by atoms with Crippen molar-refractivity contribution in [1.29, 1.82) is 0 Å². The molecule has 10 N–H and O–H groups in total. The number of rotatable bonds is 9. The van der Waals surface area contributed by atoms with E-state index in [0.29, 0.717) is 6.07 Å². The van der Waals surface area contributed by atoms with Gasteiger partial charge < -0.3 is 9.97 Å². The van der Waals surface area contributed by atoms with Crippen molar-refractivity contribution in [2.24, 2.45) is 0 Å². The summed E-state index contributed by atoms with van der Waals surface area (Å²) < 4.78 is 286. The fraction of sp³-hybridized carbons (Fsp3) is 0.0769. The van der Waals surface area contributed by atoms with Gasteiger partial charge in [-0.1, -0.05) is 0 Å². The number of fused-ring (bicyclic) bond motifs is 8. The molecule has 0 saturated carbocycles. The summed E-state index contributed by atoms with van der Waals surface area (Å²) in [5, 5.41) is -4.70. The molecule has 28 nitrogen and oxygen atoms in total. The van der Waals surface area contributed by atoms with Crippen LogP contribution in [0.3, 0.4) is 0 Å². The molecule has 63 heavy (non-hydrogen) atoms. The Morgan fingerprint density at radius 3 is 1.37 bits per heavy atom. The van der Waals surface area contributed by atoms with Crippen LogP contribution in [0.5, 0.6) is 0 Å². The first-order valence-electron chi connectivity index (χ1n) is 15.2. The van der Waals surface area contributed by atoms with Crippen molar-refractivity contribution in [2.45, 2.75) is 10.00 Å². The number of nitrogens with zero attached hydrogens (tertiary/aromatic N) is 2. The number of aromatic amines is 2. The zero-order valence-electron chi connectivity index (χ0n) is 29.8. The molecule has 338 valence electrons.